The molecule has 43 heavy (non-hydrogen) atoms. The van der Waals surface area contributed by atoms with Gasteiger partial charge in [-0.1, -0.05) is 52.4 Å². The first-order valence-corrected chi connectivity index (χ1v) is 15.0. The maximum absolute atomic E-state index is 14.0. The lowest BCUT2D eigenvalue weighted by molar-refractivity contribution is -0.384. The molecular formula is C29H21ClN4O7S2. The fraction of sp³-hybridized carbons (Fsp3) is 0.172. The number of non-ortho nitro benzene ring substituents is 1. The minimum atomic E-state index is -0.950. The number of thioether (sulfide) groups is 1. The van der Waals surface area contributed by atoms with Gasteiger partial charge >= 0.3 is 4.87 Å². The zero-order valence-electron chi connectivity index (χ0n) is 22.2. The van der Waals surface area contributed by atoms with Crippen LogP contribution in [0.4, 0.5) is 17.1 Å². The monoisotopic (exact) mass is 636 g/mol. The van der Waals surface area contributed by atoms with Crippen molar-refractivity contribution in [2.24, 2.45) is 5.92 Å². The molecule has 3 aromatic carbocycles. The van der Waals surface area contributed by atoms with Crippen LogP contribution in [0.5, 0.6) is 5.75 Å². The Labute approximate surface area is 257 Å². The van der Waals surface area contributed by atoms with Gasteiger partial charge in [-0.05, 0) is 49.4 Å². The number of thiazole rings is 1. The molecule has 1 aromatic heterocycles. The Morgan fingerprint density at radius 1 is 1.07 bits per heavy atom. The third-order valence-electron chi connectivity index (χ3n) is 7.14. The van der Waals surface area contributed by atoms with E-state index in [0.29, 0.717) is 26.2 Å². The summed E-state index contributed by atoms with van der Waals surface area (Å²) >= 11 is 8.42. The number of nitro groups is 1. The Bertz CT molecular complexity index is 1840. The van der Waals surface area contributed by atoms with Gasteiger partial charge in [0.2, 0.25) is 11.8 Å². The molecule has 2 aliphatic heterocycles. The number of ether oxygens (including phenoxy) is 1. The summed E-state index contributed by atoms with van der Waals surface area (Å²) in [6.45, 7) is 1.58. The number of benzene rings is 3. The van der Waals surface area contributed by atoms with E-state index < -0.39 is 39.7 Å². The van der Waals surface area contributed by atoms with Crippen molar-refractivity contribution in [3.63, 3.8) is 0 Å². The van der Waals surface area contributed by atoms with E-state index in [1.54, 1.807) is 30.3 Å². The Kier molecular flexibility index (Phi) is 7.54. The molecule has 2 unspecified atom stereocenters. The van der Waals surface area contributed by atoms with Crippen LogP contribution in [0.25, 0.3) is 0 Å². The van der Waals surface area contributed by atoms with Crippen LogP contribution in [0.15, 0.2) is 76.6 Å². The molecule has 11 nitrogen and oxygen atoms in total. The largest absolute Gasteiger partial charge is 0.483 e. The summed E-state index contributed by atoms with van der Waals surface area (Å²) in [6, 6.07) is 17.2. The number of fused-ring (bicyclic) bond motifs is 2. The molecule has 3 atom stereocenters. The van der Waals surface area contributed by atoms with Crippen LogP contribution in [0.2, 0.25) is 5.02 Å². The second kappa shape index (κ2) is 11.3. The lowest BCUT2D eigenvalue weighted by atomic mass is 9.82. The number of halogens is 1. The normalized spacial score (nSPS) is 19.1. The minimum absolute atomic E-state index is 0.181. The van der Waals surface area contributed by atoms with E-state index in [1.807, 2.05) is 19.1 Å². The first-order valence-electron chi connectivity index (χ1n) is 12.9. The molecule has 6 rings (SSSR count). The maximum atomic E-state index is 14.0. The molecule has 218 valence electrons. The minimum Gasteiger partial charge on any atom is -0.483 e. The molecule has 1 fully saturated rings. The van der Waals surface area contributed by atoms with E-state index in [4.69, 9.17) is 16.3 Å². The number of rotatable bonds is 7. The Morgan fingerprint density at radius 3 is 2.49 bits per heavy atom. The highest BCUT2D eigenvalue weighted by Gasteiger charge is 2.57. The number of nitrogens with zero attached hydrogens (tertiary/aromatic N) is 2. The van der Waals surface area contributed by atoms with E-state index in [9.17, 15) is 29.3 Å². The summed E-state index contributed by atoms with van der Waals surface area (Å²) in [6.07, 6.45) is 0. The number of hydrogen-bond acceptors (Lipinski definition) is 9. The predicted octanol–water partition coefficient (Wildman–Crippen LogP) is 5.12. The molecule has 2 aliphatic rings. The summed E-state index contributed by atoms with van der Waals surface area (Å²) in [5, 5.41) is 13.8. The van der Waals surface area contributed by atoms with Crippen molar-refractivity contribution in [2.75, 3.05) is 16.8 Å². The number of amides is 3. The first kappa shape index (κ1) is 28.6. The number of aryl methyl sites for hydroxylation is 1. The fourth-order valence-corrected chi connectivity index (χ4v) is 7.89. The lowest BCUT2D eigenvalue weighted by Crippen LogP contribution is -2.32. The van der Waals surface area contributed by atoms with Gasteiger partial charge in [-0.15, -0.1) is 0 Å². The number of nitro benzene ring substituents is 1. The number of carbonyl (C=O) groups is 3. The number of aromatic nitrogens is 1. The summed E-state index contributed by atoms with van der Waals surface area (Å²) in [7, 11) is 0. The molecule has 0 bridgehead atoms. The highest BCUT2D eigenvalue weighted by atomic mass is 35.5. The number of anilines is 2. The van der Waals surface area contributed by atoms with Crippen LogP contribution in [0, 0.1) is 23.0 Å². The van der Waals surface area contributed by atoms with E-state index >= 15 is 0 Å². The van der Waals surface area contributed by atoms with E-state index in [2.05, 4.69) is 10.3 Å². The van der Waals surface area contributed by atoms with Gasteiger partial charge < -0.3 is 15.0 Å². The van der Waals surface area contributed by atoms with Crippen molar-refractivity contribution in [1.82, 2.24) is 4.98 Å². The van der Waals surface area contributed by atoms with Crippen LogP contribution in [-0.4, -0.2) is 39.5 Å². The number of nitrogens with one attached hydrogen (secondary N) is 2. The molecule has 0 spiro atoms. The molecule has 0 radical (unpaired) electrons. The van der Waals surface area contributed by atoms with Crippen LogP contribution in [-0.2, 0) is 14.4 Å². The van der Waals surface area contributed by atoms with Gasteiger partial charge in [-0.2, -0.15) is 0 Å². The second-order valence-corrected chi connectivity index (χ2v) is 12.5. The summed E-state index contributed by atoms with van der Waals surface area (Å²) in [5.74, 6) is -2.95. The van der Waals surface area contributed by atoms with Gasteiger partial charge in [-0.3, -0.25) is 29.3 Å². The molecule has 0 aliphatic carbocycles. The molecule has 3 heterocycles. The van der Waals surface area contributed by atoms with Crippen molar-refractivity contribution < 1.29 is 24.0 Å². The number of carbonyl (C=O) groups excluding carboxylic acids is 3. The smallest absolute Gasteiger partial charge is 0.305 e. The molecule has 3 amide bonds. The highest BCUT2D eigenvalue weighted by molar-refractivity contribution is 8.00. The zero-order chi connectivity index (χ0) is 30.4. The van der Waals surface area contributed by atoms with Crippen LogP contribution >= 0.6 is 34.7 Å². The van der Waals surface area contributed by atoms with E-state index in [1.165, 1.54) is 24.3 Å². The lowest BCUT2D eigenvalue weighted by Gasteiger charge is -2.31. The molecule has 14 heteroatoms. The third-order valence-corrected chi connectivity index (χ3v) is 9.78. The van der Waals surface area contributed by atoms with Gasteiger partial charge in [0.15, 0.2) is 6.61 Å². The molecule has 4 aromatic rings. The van der Waals surface area contributed by atoms with Crippen molar-refractivity contribution in [3.05, 3.63) is 108 Å². The summed E-state index contributed by atoms with van der Waals surface area (Å²) in [4.78, 5) is 67.4. The number of imide groups is 1. The van der Waals surface area contributed by atoms with E-state index in [0.717, 1.165) is 33.6 Å². The van der Waals surface area contributed by atoms with Crippen molar-refractivity contribution >= 4 is 69.5 Å². The van der Waals surface area contributed by atoms with Gasteiger partial charge in [-0.25, -0.2) is 4.90 Å². The Hall–Kier alpha value is -4.46. The van der Waals surface area contributed by atoms with Gasteiger partial charge in [0.1, 0.15) is 11.0 Å². The maximum Gasteiger partial charge on any atom is 0.305 e. The number of hydrogen-bond donors (Lipinski definition) is 2. The van der Waals surface area contributed by atoms with Crippen molar-refractivity contribution in [3.8, 4) is 5.75 Å². The standard InChI is InChI=1S/C29H21ClN4O7S2/c1-14-2-5-16(6-3-14)31-21(35)13-41-20-11-4-15(30)12-19(20)22-23-25(42-26-24(22)43-29(38)32-26)28(37)33(27(23)36)17-7-9-18(10-8-17)34(39)40/h2-12,22-23,25H,13H2,1H3,(H,31,35)(H,32,38)/t22-,23?,25?/m1/s1. The Balaban J connectivity index is 1.35. The third kappa shape index (κ3) is 5.42. The average molecular weight is 637 g/mol. The second-order valence-electron chi connectivity index (χ2n) is 9.92. The highest BCUT2D eigenvalue weighted by Crippen LogP contribution is 2.54. The SMILES string of the molecule is Cc1ccc(NC(=O)COc2ccc(Cl)cc2[C@H]2c3sc(=O)[nH]c3SC3C(=O)N(c4ccc([N+](=O)[O-])cc4)C(=O)C32)cc1. The first-order chi connectivity index (χ1) is 20.6. The van der Waals surface area contributed by atoms with Crippen LogP contribution in [0.1, 0.15) is 21.9 Å². The topological polar surface area (TPSA) is 152 Å². The fourth-order valence-electron chi connectivity index (χ4n) is 5.20. The number of H-pyrrole nitrogens is 1. The van der Waals surface area contributed by atoms with Gasteiger partial charge in [0, 0.05) is 39.2 Å². The van der Waals surface area contributed by atoms with Crippen LogP contribution in [0.3, 0.4) is 0 Å². The molecule has 1 saturated heterocycles. The van der Waals surface area contributed by atoms with Gasteiger partial charge in [0.05, 0.1) is 21.6 Å². The Morgan fingerprint density at radius 2 is 1.79 bits per heavy atom. The summed E-state index contributed by atoms with van der Waals surface area (Å²) < 4.78 is 5.95. The average Bonchev–Trinajstić information content (AvgIpc) is 3.47. The van der Waals surface area contributed by atoms with E-state index in [-0.39, 0.29) is 28.6 Å². The number of aromatic amines is 1. The molecular weight excluding hydrogens is 616 g/mol. The molecule has 0 saturated carbocycles. The zero-order valence-corrected chi connectivity index (χ0v) is 24.6. The predicted molar refractivity (Wildman–Crippen MR) is 162 cm³/mol. The molecule has 2 N–H and O–H groups in total. The van der Waals surface area contributed by atoms with Gasteiger partial charge in [0.25, 0.3) is 11.6 Å². The van der Waals surface area contributed by atoms with Crippen LogP contribution < -0.4 is 19.8 Å². The quantitative estimate of drug-likeness (QED) is 0.161. The summed E-state index contributed by atoms with van der Waals surface area (Å²) in [5.41, 5.74) is 2.10. The van der Waals surface area contributed by atoms with Crippen molar-refractivity contribution in [2.45, 2.75) is 23.1 Å². The van der Waals surface area contributed by atoms with Crippen molar-refractivity contribution in [1.29, 1.82) is 0 Å².